The Balaban J connectivity index is 1.70. The number of nitrogens with zero attached hydrogens (tertiary/aromatic N) is 1. The second kappa shape index (κ2) is 7.19. The Kier molecular flexibility index (Phi) is 4.97. The van der Waals surface area contributed by atoms with Crippen molar-refractivity contribution < 1.29 is 22.8 Å². The zero-order valence-corrected chi connectivity index (χ0v) is 13.8. The molecule has 1 aliphatic rings. The van der Waals surface area contributed by atoms with Gasteiger partial charge in [-0.2, -0.15) is 13.2 Å². The number of para-hydroxylation sites is 1. The van der Waals surface area contributed by atoms with Crippen molar-refractivity contribution in [3.8, 4) is 0 Å². The van der Waals surface area contributed by atoms with E-state index in [0.717, 1.165) is 18.6 Å². The van der Waals surface area contributed by atoms with Crippen LogP contribution in [0.5, 0.6) is 0 Å². The van der Waals surface area contributed by atoms with Gasteiger partial charge in [-0.25, -0.2) is 0 Å². The third-order valence-electron chi connectivity index (χ3n) is 4.25. The summed E-state index contributed by atoms with van der Waals surface area (Å²) in [5.41, 5.74) is 0.751. The smallest absolute Gasteiger partial charge is 0.348 e. The van der Waals surface area contributed by atoms with Gasteiger partial charge in [0.2, 0.25) is 5.91 Å². The number of hydrogen-bond donors (Lipinski definition) is 1. The maximum absolute atomic E-state index is 12.6. The van der Waals surface area contributed by atoms with E-state index in [-0.39, 0.29) is 18.4 Å². The molecule has 0 spiro atoms. The van der Waals surface area contributed by atoms with Gasteiger partial charge in [0.1, 0.15) is 0 Å². The Morgan fingerprint density at radius 2 is 1.77 bits per heavy atom. The molecule has 0 aromatic heterocycles. The van der Waals surface area contributed by atoms with Crippen LogP contribution < -0.4 is 10.2 Å². The van der Waals surface area contributed by atoms with E-state index in [9.17, 15) is 22.8 Å². The molecule has 0 radical (unpaired) electrons. The number of nitrogens with one attached hydrogen (secondary N) is 1. The molecule has 7 heteroatoms. The third kappa shape index (κ3) is 3.87. The van der Waals surface area contributed by atoms with E-state index >= 15 is 0 Å². The summed E-state index contributed by atoms with van der Waals surface area (Å²) in [4.78, 5) is 26.0. The number of hydrogen-bond acceptors (Lipinski definition) is 2. The van der Waals surface area contributed by atoms with Gasteiger partial charge in [0.05, 0.1) is 16.8 Å². The lowest BCUT2D eigenvalue weighted by Crippen LogP contribution is -2.29. The first-order valence-corrected chi connectivity index (χ1v) is 8.20. The van der Waals surface area contributed by atoms with Gasteiger partial charge in [-0.1, -0.05) is 24.3 Å². The summed E-state index contributed by atoms with van der Waals surface area (Å²) in [6.07, 6.45) is -3.18. The van der Waals surface area contributed by atoms with Crippen LogP contribution in [0.1, 0.15) is 34.3 Å². The van der Waals surface area contributed by atoms with Crippen LogP contribution in [0.3, 0.4) is 0 Å². The second-order valence-corrected chi connectivity index (χ2v) is 6.04. The lowest BCUT2D eigenvalue weighted by molar-refractivity contribution is -0.137. The molecule has 0 atom stereocenters. The third-order valence-corrected chi connectivity index (χ3v) is 4.25. The number of alkyl halides is 3. The SMILES string of the molecule is O=C(NCc1ccc(C(F)(F)F)cc1)c1ccccc1N1CCCC1=O. The first kappa shape index (κ1) is 18.0. The molecule has 0 unspecified atom stereocenters. The van der Waals surface area contributed by atoms with E-state index < -0.39 is 11.7 Å². The molecule has 26 heavy (non-hydrogen) atoms. The molecule has 0 saturated carbocycles. The summed E-state index contributed by atoms with van der Waals surface area (Å²) in [5, 5.41) is 2.69. The molecule has 1 fully saturated rings. The van der Waals surface area contributed by atoms with E-state index in [4.69, 9.17) is 0 Å². The van der Waals surface area contributed by atoms with Crippen LogP contribution in [0.15, 0.2) is 48.5 Å². The summed E-state index contributed by atoms with van der Waals surface area (Å²) < 4.78 is 37.7. The molecule has 2 amide bonds. The van der Waals surface area contributed by atoms with Gasteiger partial charge < -0.3 is 10.2 Å². The van der Waals surface area contributed by atoms with Gasteiger partial charge in [0, 0.05) is 19.5 Å². The molecule has 4 nitrogen and oxygen atoms in total. The lowest BCUT2D eigenvalue weighted by atomic mass is 10.1. The minimum atomic E-state index is -4.39. The first-order chi connectivity index (χ1) is 12.4. The molecule has 0 bridgehead atoms. The van der Waals surface area contributed by atoms with Crippen LogP contribution in [0.2, 0.25) is 0 Å². The molecule has 1 aliphatic heterocycles. The minimum absolute atomic E-state index is 0.0204. The highest BCUT2D eigenvalue weighted by atomic mass is 19.4. The summed E-state index contributed by atoms with van der Waals surface area (Å²) in [6, 6.07) is 11.4. The standard InChI is InChI=1S/C19H17F3N2O2/c20-19(21,22)14-9-7-13(8-10-14)12-23-18(26)15-4-1-2-5-16(15)24-11-3-6-17(24)25/h1-2,4-5,7-10H,3,6,11-12H2,(H,23,26). The Bertz CT molecular complexity index is 816. The fourth-order valence-electron chi connectivity index (χ4n) is 2.89. The molecule has 2 aromatic carbocycles. The molecular formula is C19H17F3N2O2. The van der Waals surface area contributed by atoms with Crippen molar-refractivity contribution in [3.63, 3.8) is 0 Å². The minimum Gasteiger partial charge on any atom is -0.348 e. The molecule has 136 valence electrons. The molecule has 0 aliphatic carbocycles. The number of benzene rings is 2. The fourth-order valence-corrected chi connectivity index (χ4v) is 2.89. The van der Waals surface area contributed by atoms with Crippen LogP contribution in [0, 0.1) is 0 Å². The van der Waals surface area contributed by atoms with Crippen LogP contribution in [0.4, 0.5) is 18.9 Å². The highest BCUT2D eigenvalue weighted by molar-refractivity contribution is 6.05. The predicted molar refractivity (Wildman–Crippen MR) is 90.6 cm³/mol. The fraction of sp³-hybridized carbons (Fsp3) is 0.263. The Labute approximate surface area is 148 Å². The highest BCUT2D eigenvalue weighted by Gasteiger charge is 2.30. The van der Waals surface area contributed by atoms with Gasteiger partial charge in [0.15, 0.2) is 0 Å². The van der Waals surface area contributed by atoms with E-state index in [0.29, 0.717) is 29.8 Å². The van der Waals surface area contributed by atoms with Crippen molar-refractivity contribution in [1.82, 2.24) is 5.32 Å². The van der Waals surface area contributed by atoms with E-state index in [1.807, 2.05) is 0 Å². The van der Waals surface area contributed by atoms with Gasteiger partial charge in [0.25, 0.3) is 5.91 Å². The van der Waals surface area contributed by atoms with Crippen molar-refractivity contribution in [2.24, 2.45) is 0 Å². The number of halogens is 3. The van der Waals surface area contributed by atoms with Gasteiger partial charge >= 0.3 is 6.18 Å². The van der Waals surface area contributed by atoms with Crippen LogP contribution in [-0.4, -0.2) is 18.4 Å². The van der Waals surface area contributed by atoms with Crippen LogP contribution in [0.25, 0.3) is 0 Å². The quantitative estimate of drug-likeness (QED) is 0.900. The van der Waals surface area contributed by atoms with E-state index in [2.05, 4.69) is 5.32 Å². The van der Waals surface area contributed by atoms with Gasteiger partial charge in [-0.3, -0.25) is 9.59 Å². The zero-order valence-electron chi connectivity index (χ0n) is 13.8. The van der Waals surface area contributed by atoms with Crippen molar-refractivity contribution in [2.75, 3.05) is 11.4 Å². The van der Waals surface area contributed by atoms with Crippen molar-refractivity contribution >= 4 is 17.5 Å². The van der Waals surface area contributed by atoms with Gasteiger partial charge in [-0.05, 0) is 36.2 Å². The molecule has 1 saturated heterocycles. The largest absolute Gasteiger partial charge is 0.416 e. The molecular weight excluding hydrogens is 345 g/mol. The molecule has 2 aromatic rings. The van der Waals surface area contributed by atoms with Crippen LogP contribution in [-0.2, 0) is 17.5 Å². The topological polar surface area (TPSA) is 49.4 Å². The molecule has 1 N–H and O–H groups in total. The number of amides is 2. The Morgan fingerprint density at radius 3 is 2.38 bits per heavy atom. The maximum Gasteiger partial charge on any atom is 0.416 e. The average Bonchev–Trinajstić information content (AvgIpc) is 3.05. The second-order valence-electron chi connectivity index (χ2n) is 6.04. The summed E-state index contributed by atoms with van der Waals surface area (Å²) >= 11 is 0. The average molecular weight is 362 g/mol. The maximum atomic E-state index is 12.6. The normalized spacial score (nSPS) is 14.6. The van der Waals surface area contributed by atoms with Gasteiger partial charge in [-0.15, -0.1) is 0 Å². The number of anilines is 1. The highest BCUT2D eigenvalue weighted by Crippen LogP contribution is 2.29. The number of carbonyl (C=O) groups excluding carboxylic acids is 2. The predicted octanol–water partition coefficient (Wildman–Crippen LogP) is 3.76. The van der Waals surface area contributed by atoms with Crippen molar-refractivity contribution in [3.05, 3.63) is 65.2 Å². The Morgan fingerprint density at radius 1 is 1.08 bits per heavy atom. The molecule has 1 heterocycles. The van der Waals surface area contributed by atoms with E-state index in [1.54, 1.807) is 29.2 Å². The number of carbonyl (C=O) groups is 2. The summed E-state index contributed by atoms with van der Waals surface area (Å²) in [6.45, 7) is 0.668. The number of rotatable bonds is 4. The summed E-state index contributed by atoms with van der Waals surface area (Å²) in [5.74, 6) is -0.395. The van der Waals surface area contributed by atoms with Crippen molar-refractivity contribution in [2.45, 2.75) is 25.6 Å². The monoisotopic (exact) mass is 362 g/mol. The molecule has 3 rings (SSSR count). The van der Waals surface area contributed by atoms with Crippen molar-refractivity contribution in [1.29, 1.82) is 0 Å². The summed E-state index contributed by atoms with van der Waals surface area (Å²) in [7, 11) is 0. The lowest BCUT2D eigenvalue weighted by Gasteiger charge is -2.19. The zero-order chi connectivity index (χ0) is 18.7. The Hall–Kier alpha value is -2.83. The van der Waals surface area contributed by atoms with E-state index in [1.165, 1.54) is 12.1 Å². The van der Waals surface area contributed by atoms with Crippen LogP contribution >= 0.6 is 0 Å². The first-order valence-electron chi connectivity index (χ1n) is 8.20.